The Morgan fingerprint density at radius 2 is 2.06 bits per heavy atom. The van der Waals surface area contributed by atoms with E-state index < -0.39 is 0 Å². The van der Waals surface area contributed by atoms with Crippen LogP contribution < -0.4 is 5.32 Å². The maximum Gasteiger partial charge on any atom is 0.126 e. The molecule has 1 atom stereocenters. The highest BCUT2D eigenvalue weighted by Gasteiger charge is 2.05. The van der Waals surface area contributed by atoms with Crippen molar-refractivity contribution in [2.75, 3.05) is 6.54 Å². The summed E-state index contributed by atoms with van der Waals surface area (Å²) in [5.74, 6) is -0.109. The monoisotopic (exact) mass is 223 g/mol. The third-order valence-electron chi connectivity index (χ3n) is 2.99. The van der Waals surface area contributed by atoms with Crippen LogP contribution in [-0.2, 0) is 6.42 Å². The number of halogens is 1. The first-order valence-electron chi connectivity index (χ1n) is 6.15. The quantitative estimate of drug-likeness (QED) is 0.779. The first-order valence-corrected chi connectivity index (χ1v) is 6.15. The number of benzene rings is 1. The fourth-order valence-electron chi connectivity index (χ4n) is 1.94. The van der Waals surface area contributed by atoms with Crippen LogP contribution in [0.4, 0.5) is 4.39 Å². The van der Waals surface area contributed by atoms with Crippen molar-refractivity contribution in [3.05, 3.63) is 35.1 Å². The molecule has 0 spiro atoms. The van der Waals surface area contributed by atoms with Gasteiger partial charge in [0.15, 0.2) is 0 Å². The Hall–Kier alpha value is -0.890. The van der Waals surface area contributed by atoms with E-state index in [1.807, 2.05) is 19.1 Å². The molecule has 0 aliphatic carbocycles. The van der Waals surface area contributed by atoms with Gasteiger partial charge in [0.25, 0.3) is 0 Å². The van der Waals surface area contributed by atoms with E-state index in [4.69, 9.17) is 0 Å². The van der Waals surface area contributed by atoms with Crippen molar-refractivity contribution in [3.63, 3.8) is 0 Å². The van der Waals surface area contributed by atoms with Gasteiger partial charge in [0.2, 0.25) is 0 Å². The van der Waals surface area contributed by atoms with Gasteiger partial charge in [-0.15, -0.1) is 0 Å². The predicted octanol–water partition coefficient (Wildman–Crippen LogP) is 3.45. The molecule has 2 heteroatoms. The minimum Gasteiger partial charge on any atom is -0.314 e. The summed E-state index contributed by atoms with van der Waals surface area (Å²) in [5, 5.41) is 3.45. The second-order valence-electron chi connectivity index (χ2n) is 4.29. The van der Waals surface area contributed by atoms with Gasteiger partial charge in [0.05, 0.1) is 0 Å². The van der Waals surface area contributed by atoms with Gasteiger partial charge < -0.3 is 5.32 Å². The summed E-state index contributed by atoms with van der Waals surface area (Å²) in [5.41, 5.74) is 1.98. The van der Waals surface area contributed by atoms with Crippen molar-refractivity contribution in [1.29, 1.82) is 0 Å². The van der Waals surface area contributed by atoms with Crippen LogP contribution in [-0.4, -0.2) is 12.6 Å². The summed E-state index contributed by atoms with van der Waals surface area (Å²) in [7, 11) is 0. The molecule has 1 aromatic rings. The van der Waals surface area contributed by atoms with Gasteiger partial charge in [-0.1, -0.05) is 26.0 Å². The normalized spacial score (nSPS) is 12.8. The lowest BCUT2D eigenvalue weighted by molar-refractivity contribution is 0.481. The van der Waals surface area contributed by atoms with E-state index >= 15 is 0 Å². The highest BCUT2D eigenvalue weighted by molar-refractivity contribution is 5.24. The lowest BCUT2D eigenvalue weighted by Gasteiger charge is -2.15. The largest absolute Gasteiger partial charge is 0.314 e. The summed E-state index contributed by atoms with van der Waals surface area (Å²) < 4.78 is 13.1. The maximum absolute atomic E-state index is 13.1. The number of hydrogen-bond donors (Lipinski definition) is 1. The van der Waals surface area contributed by atoms with Crippen molar-refractivity contribution in [2.24, 2.45) is 0 Å². The molecule has 0 aromatic heterocycles. The van der Waals surface area contributed by atoms with Gasteiger partial charge in [-0.25, -0.2) is 4.39 Å². The Bertz CT molecular complexity index is 323. The molecule has 0 saturated carbocycles. The minimum absolute atomic E-state index is 0.109. The molecule has 1 rings (SSSR count). The Labute approximate surface area is 98.1 Å². The molecule has 0 amide bonds. The molecule has 90 valence electrons. The number of hydrogen-bond acceptors (Lipinski definition) is 1. The third-order valence-corrected chi connectivity index (χ3v) is 2.99. The van der Waals surface area contributed by atoms with Crippen molar-refractivity contribution in [3.8, 4) is 0 Å². The molecule has 16 heavy (non-hydrogen) atoms. The van der Waals surface area contributed by atoms with Crippen LogP contribution in [0, 0.1) is 12.7 Å². The molecule has 0 saturated heterocycles. The van der Waals surface area contributed by atoms with Crippen LogP contribution in [0.5, 0.6) is 0 Å². The van der Waals surface area contributed by atoms with Crippen molar-refractivity contribution >= 4 is 0 Å². The Kier molecular flexibility index (Phi) is 5.47. The van der Waals surface area contributed by atoms with E-state index in [1.165, 1.54) is 5.56 Å². The Balaban J connectivity index is 2.50. The maximum atomic E-state index is 13.1. The van der Waals surface area contributed by atoms with Crippen molar-refractivity contribution in [2.45, 2.75) is 46.1 Å². The van der Waals surface area contributed by atoms with Gasteiger partial charge >= 0.3 is 0 Å². The summed E-state index contributed by atoms with van der Waals surface area (Å²) in [6.07, 6.45) is 3.29. The van der Waals surface area contributed by atoms with Crippen molar-refractivity contribution in [1.82, 2.24) is 5.32 Å². The zero-order valence-electron chi connectivity index (χ0n) is 10.5. The first kappa shape index (κ1) is 13.2. The SMILES string of the molecule is CCNC(CC)CCc1ccc(F)c(C)c1. The summed E-state index contributed by atoms with van der Waals surface area (Å²) in [4.78, 5) is 0. The molecule has 1 unspecified atom stereocenters. The topological polar surface area (TPSA) is 12.0 Å². The van der Waals surface area contributed by atoms with Crippen LogP contribution >= 0.6 is 0 Å². The van der Waals surface area contributed by atoms with Gasteiger partial charge in [0.1, 0.15) is 5.82 Å². The van der Waals surface area contributed by atoms with Gasteiger partial charge in [-0.2, -0.15) is 0 Å². The van der Waals surface area contributed by atoms with Crippen LogP contribution in [0.2, 0.25) is 0 Å². The summed E-state index contributed by atoms with van der Waals surface area (Å²) in [6.45, 7) is 7.16. The summed E-state index contributed by atoms with van der Waals surface area (Å²) >= 11 is 0. The van der Waals surface area contributed by atoms with Crippen LogP contribution in [0.1, 0.15) is 37.8 Å². The predicted molar refractivity (Wildman–Crippen MR) is 67.2 cm³/mol. The van der Waals surface area contributed by atoms with E-state index in [0.29, 0.717) is 6.04 Å². The van der Waals surface area contributed by atoms with E-state index in [9.17, 15) is 4.39 Å². The molecule has 0 heterocycles. The van der Waals surface area contributed by atoms with Crippen molar-refractivity contribution < 1.29 is 4.39 Å². The molecular weight excluding hydrogens is 201 g/mol. The zero-order chi connectivity index (χ0) is 12.0. The molecule has 0 fully saturated rings. The van der Waals surface area contributed by atoms with E-state index in [0.717, 1.165) is 31.4 Å². The zero-order valence-corrected chi connectivity index (χ0v) is 10.5. The second kappa shape index (κ2) is 6.64. The fourth-order valence-corrected chi connectivity index (χ4v) is 1.94. The van der Waals surface area contributed by atoms with Gasteiger partial charge in [-0.05, 0) is 49.9 Å². The number of rotatable bonds is 6. The lowest BCUT2D eigenvalue weighted by atomic mass is 10.0. The van der Waals surface area contributed by atoms with Crippen LogP contribution in [0.15, 0.2) is 18.2 Å². The lowest BCUT2D eigenvalue weighted by Crippen LogP contribution is -2.28. The Morgan fingerprint density at radius 1 is 1.31 bits per heavy atom. The molecule has 1 aromatic carbocycles. The molecule has 0 aliphatic rings. The number of nitrogens with one attached hydrogen (secondary N) is 1. The Morgan fingerprint density at radius 3 is 2.62 bits per heavy atom. The van der Waals surface area contributed by atoms with Crippen LogP contribution in [0.25, 0.3) is 0 Å². The molecule has 1 N–H and O–H groups in total. The first-order chi connectivity index (χ1) is 7.67. The third kappa shape index (κ3) is 3.93. The van der Waals surface area contributed by atoms with Gasteiger partial charge in [-0.3, -0.25) is 0 Å². The summed E-state index contributed by atoms with van der Waals surface area (Å²) in [6, 6.07) is 5.99. The highest BCUT2D eigenvalue weighted by atomic mass is 19.1. The minimum atomic E-state index is -0.109. The number of aryl methyl sites for hydroxylation is 2. The second-order valence-corrected chi connectivity index (χ2v) is 4.29. The average molecular weight is 223 g/mol. The fraction of sp³-hybridized carbons (Fsp3) is 0.571. The average Bonchev–Trinajstić information content (AvgIpc) is 2.28. The van der Waals surface area contributed by atoms with E-state index in [2.05, 4.69) is 19.2 Å². The van der Waals surface area contributed by atoms with Crippen LogP contribution in [0.3, 0.4) is 0 Å². The molecule has 1 nitrogen and oxygen atoms in total. The van der Waals surface area contributed by atoms with Gasteiger partial charge in [0, 0.05) is 6.04 Å². The highest BCUT2D eigenvalue weighted by Crippen LogP contribution is 2.12. The smallest absolute Gasteiger partial charge is 0.126 e. The van der Waals surface area contributed by atoms with E-state index in [-0.39, 0.29) is 5.82 Å². The van der Waals surface area contributed by atoms with E-state index in [1.54, 1.807) is 6.07 Å². The molecule has 0 aliphatic heterocycles. The molecule has 0 bridgehead atoms. The molecular formula is C14H22FN. The molecule has 0 radical (unpaired) electrons. The standard InChI is InChI=1S/C14H22FN/c1-4-13(16-5-2)8-6-12-7-9-14(15)11(3)10-12/h7,9-10,13,16H,4-6,8H2,1-3H3.